The van der Waals surface area contributed by atoms with Gasteiger partial charge in [-0.2, -0.15) is 5.11 Å². The van der Waals surface area contributed by atoms with Crippen LogP contribution in [0.1, 0.15) is 17.3 Å². The van der Waals surface area contributed by atoms with Gasteiger partial charge in [-0.15, -0.1) is 5.11 Å². The number of rotatable bonds is 5. The highest BCUT2D eigenvalue weighted by Crippen LogP contribution is 2.27. The molecule has 6 heteroatoms. The Morgan fingerprint density at radius 3 is 2.41 bits per heavy atom. The number of methoxy groups -OCH3 is 1. The molecule has 6 nitrogen and oxygen atoms in total. The van der Waals surface area contributed by atoms with Crippen molar-refractivity contribution in [3.05, 3.63) is 54.1 Å². The molecule has 0 aliphatic rings. The van der Waals surface area contributed by atoms with Crippen LogP contribution in [-0.2, 0) is 9.47 Å². The minimum absolute atomic E-state index is 0.0556. The predicted molar refractivity (Wildman–Crippen MR) is 80.6 cm³/mol. The van der Waals surface area contributed by atoms with Crippen molar-refractivity contribution in [2.75, 3.05) is 7.11 Å². The Morgan fingerprint density at radius 1 is 1.09 bits per heavy atom. The van der Waals surface area contributed by atoms with Gasteiger partial charge in [-0.25, -0.2) is 4.79 Å². The van der Waals surface area contributed by atoms with Crippen LogP contribution in [0.2, 0.25) is 0 Å². The second-order valence-corrected chi connectivity index (χ2v) is 4.44. The summed E-state index contributed by atoms with van der Waals surface area (Å²) in [5, 5.41) is 17.5. The number of benzene rings is 2. The average molecular weight is 300 g/mol. The first-order valence-electron chi connectivity index (χ1n) is 6.63. The molecule has 0 bridgehead atoms. The number of azo groups is 1. The summed E-state index contributed by atoms with van der Waals surface area (Å²) < 4.78 is 9.89. The molecule has 0 saturated heterocycles. The maximum Gasteiger partial charge on any atom is 0.340 e. The third-order valence-electron chi connectivity index (χ3n) is 2.86. The molecule has 0 spiro atoms. The van der Waals surface area contributed by atoms with E-state index in [2.05, 4.69) is 10.2 Å². The van der Waals surface area contributed by atoms with E-state index in [0.29, 0.717) is 16.9 Å². The summed E-state index contributed by atoms with van der Waals surface area (Å²) in [6.45, 7) is 1.63. The molecule has 0 radical (unpaired) electrons. The van der Waals surface area contributed by atoms with Crippen molar-refractivity contribution < 1.29 is 19.4 Å². The lowest BCUT2D eigenvalue weighted by Gasteiger charge is -2.10. The first-order chi connectivity index (χ1) is 10.6. The van der Waals surface area contributed by atoms with Gasteiger partial charge >= 0.3 is 5.97 Å². The monoisotopic (exact) mass is 300 g/mol. The Balaban J connectivity index is 2.06. The van der Waals surface area contributed by atoms with Crippen molar-refractivity contribution >= 4 is 17.3 Å². The molecule has 22 heavy (non-hydrogen) atoms. The number of aromatic hydroxyl groups is 1. The number of hydrogen-bond acceptors (Lipinski definition) is 6. The van der Waals surface area contributed by atoms with E-state index in [1.165, 1.54) is 13.2 Å². The highest BCUT2D eigenvalue weighted by Gasteiger charge is 2.10. The summed E-state index contributed by atoms with van der Waals surface area (Å²) in [6.07, 6.45) is -0.604. The van der Waals surface area contributed by atoms with Crippen LogP contribution in [0.25, 0.3) is 0 Å². The molecular formula is C16H16N2O4. The zero-order valence-corrected chi connectivity index (χ0v) is 12.3. The Hall–Kier alpha value is -2.73. The van der Waals surface area contributed by atoms with Crippen molar-refractivity contribution in [3.8, 4) is 5.75 Å². The fourth-order valence-corrected chi connectivity index (χ4v) is 1.59. The molecule has 2 aromatic carbocycles. The van der Waals surface area contributed by atoms with Crippen LogP contribution in [0.3, 0.4) is 0 Å². The molecule has 0 aliphatic carbocycles. The maximum atomic E-state index is 11.8. The van der Waals surface area contributed by atoms with Crippen LogP contribution in [0.4, 0.5) is 11.4 Å². The molecule has 1 unspecified atom stereocenters. The van der Waals surface area contributed by atoms with E-state index in [4.69, 9.17) is 9.47 Å². The summed E-state index contributed by atoms with van der Waals surface area (Å²) in [5.41, 5.74) is 1.32. The van der Waals surface area contributed by atoms with Gasteiger partial charge < -0.3 is 14.6 Å². The third kappa shape index (κ3) is 4.13. The number of carbonyl (C=O) groups is 1. The largest absolute Gasteiger partial charge is 0.506 e. The SMILES string of the molecule is COC(C)OC(=O)c1ccc(N=Nc2ccccc2O)cc1. The van der Waals surface area contributed by atoms with Crippen LogP contribution >= 0.6 is 0 Å². The zero-order valence-electron chi connectivity index (χ0n) is 12.3. The van der Waals surface area contributed by atoms with Gasteiger partial charge in [-0.3, -0.25) is 0 Å². The number of para-hydroxylation sites is 1. The molecule has 0 aliphatic heterocycles. The molecule has 0 amide bonds. The van der Waals surface area contributed by atoms with E-state index in [-0.39, 0.29) is 5.75 Å². The van der Waals surface area contributed by atoms with Crippen molar-refractivity contribution in [1.82, 2.24) is 0 Å². The topological polar surface area (TPSA) is 80.5 Å². The first-order valence-corrected chi connectivity index (χ1v) is 6.63. The van der Waals surface area contributed by atoms with Gasteiger partial charge in [0.25, 0.3) is 0 Å². The smallest absolute Gasteiger partial charge is 0.340 e. The van der Waals surface area contributed by atoms with E-state index in [1.807, 2.05) is 0 Å². The normalized spacial score (nSPS) is 12.3. The Morgan fingerprint density at radius 2 is 1.77 bits per heavy atom. The highest BCUT2D eigenvalue weighted by atomic mass is 16.7. The summed E-state index contributed by atoms with van der Waals surface area (Å²) in [6, 6.07) is 13.1. The summed E-state index contributed by atoms with van der Waals surface area (Å²) in [7, 11) is 1.46. The lowest BCUT2D eigenvalue weighted by atomic mass is 10.2. The summed E-state index contributed by atoms with van der Waals surface area (Å²) >= 11 is 0. The Kier molecular flexibility index (Phi) is 5.21. The van der Waals surface area contributed by atoms with Gasteiger partial charge in [0.1, 0.15) is 11.4 Å². The summed E-state index contributed by atoms with van der Waals surface area (Å²) in [5.74, 6) is -0.418. The first kappa shape index (κ1) is 15.7. The van der Waals surface area contributed by atoms with Crippen LogP contribution in [0.5, 0.6) is 5.75 Å². The minimum Gasteiger partial charge on any atom is -0.506 e. The number of esters is 1. The van der Waals surface area contributed by atoms with Crippen LogP contribution < -0.4 is 0 Å². The number of hydrogen-bond donors (Lipinski definition) is 1. The van der Waals surface area contributed by atoms with E-state index < -0.39 is 12.3 Å². The van der Waals surface area contributed by atoms with Gasteiger partial charge in [-0.1, -0.05) is 12.1 Å². The number of phenols is 1. The van der Waals surface area contributed by atoms with Gasteiger partial charge in [0.2, 0.25) is 0 Å². The number of carbonyl (C=O) groups excluding carboxylic acids is 1. The lowest BCUT2D eigenvalue weighted by molar-refractivity contribution is -0.0773. The second-order valence-electron chi connectivity index (χ2n) is 4.44. The van der Waals surface area contributed by atoms with Gasteiger partial charge in [-0.05, 0) is 43.3 Å². The third-order valence-corrected chi connectivity index (χ3v) is 2.86. The van der Waals surface area contributed by atoms with E-state index >= 15 is 0 Å². The molecule has 0 aromatic heterocycles. The Labute approximate surface area is 128 Å². The molecule has 0 saturated carbocycles. The zero-order chi connectivity index (χ0) is 15.9. The lowest BCUT2D eigenvalue weighted by Crippen LogP contribution is -2.16. The number of nitrogens with zero attached hydrogens (tertiary/aromatic N) is 2. The van der Waals surface area contributed by atoms with Crippen molar-refractivity contribution in [3.63, 3.8) is 0 Å². The Bertz CT molecular complexity index is 668. The molecule has 0 heterocycles. The molecule has 0 fully saturated rings. The van der Waals surface area contributed by atoms with Crippen LogP contribution in [0.15, 0.2) is 58.8 Å². The molecule has 2 aromatic rings. The average Bonchev–Trinajstić information content (AvgIpc) is 2.54. The summed E-state index contributed by atoms with van der Waals surface area (Å²) in [4.78, 5) is 11.8. The number of phenolic OH excluding ortho intramolecular Hbond substituents is 1. The number of ether oxygens (including phenoxy) is 2. The molecule has 2 rings (SSSR count). The highest BCUT2D eigenvalue weighted by molar-refractivity contribution is 5.89. The van der Waals surface area contributed by atoms with Gasteiger partial charge in [0, 0.05) is 7.11 Å². The predicted octanol–water partition coefficient (Wildman–Crippen LogP) is 3.96. The van der Waals surface area contributed by atoms with E-state index in [0.717, 1.165) is 0 Å². The van der Waals surface area contributed by atoms with E-state index in [1.54, 1.807) is 49.4 Å². The second kappa shape index (κ2) is 7.33. The quantitative estimate of drug-likeness (QED) is 0.515. The van der Waals surface area contributed by atoms with Gasteiger partial charge in [0.05, 0.1) is 11.3 Å². The van der Waals surface area contributed by atoms with Crippen LogP contribution in [-0.4, -0.2) is 24.5 Å². The van der Waals surface area contributed by atoms with E-state index in [9.17, 15) is 9.90 Å². The van der Waals surface area contributed by atoms with Crippen molar-refractivity contribution in [2.45, 2.75) is 13.2 Å². The fraction of sp³-hybridized carbons (Fsp3) is 0.188. The molecule has 114 valence electrons. The van der Waals surface area contributed by atoms with Crippen molar-refractivity contribution in [1.29, 1.82) is 0 Å². The molecule has 1 N–H and O–H groups in total. The van der Waals surface area contributed by atoms with Gasteiger partial charge in [0.15, 0.2) is 6.29 Å². The molecule has 1 atom stereocenters. The molecular weight excluding hydrogens is 284 g/mol. The van der Waals surface area contributed by atoms with Crippen LogP contribution in [0, 0.1) is 0 Å². The standard InChI is InChI=1S/C16H16N2O4/c1-11(21-2)22-16(20)12-7-9-13(10-8-12)17-18-14-5-3-4-6-15(14)19/h3-11,19H,1-2H3. The fourth-order valence-electron chi connectivity index (χ4n) is 1.59. The maximum absolute atomic E-state index is 11.8. The minimum atomic E-state index is -0.604. The van der Waals surface area contributed by atoms with Crippen molar-refractivity contribution in [2.24, 2.45) is 10.2 Å².